The van der Waals surface area contributed by atoms with Gasteiger partial charge in [-0.3, -0.25) is 19.6 Å². The van der Waals surface area contributed by atoms with Gasteiger partial charge in [0.05, 0.1) is 23.9 Å². The second-order valence-corrected chi connectivity index (χ2v) is 6.50. The van der Waals surface area contributed by atoms with Crippen molar-refractivity contribution in [1.29, 1.82) is 0 Å². The fourth-order valence-corrected chi connectivity index (χ4v) is 2.84. The molecule has 28 heavy (non-hydrogen) atoms. The Morgan fingerprint density at radius 1 is 1.39 bits per heavy atom. The van der Waals surface area contributed by atoms with Crippen LogP contribution < -0.4 is 10.1 Å². The summed E-state index contributed by atoms with van der Waals surface area (Å²) in [5.74, 6) is 0.192. The number of nitro benzene ring substituents is 1. The fourth-order valence-electron chi connectivity index (χ4n) is 2.26. The minimum absolute atomic E-state index is 0.0500. The van der Waals surface area contributed by atoms with Gasteiger partial charge in [-0.25, -0.2) is 0 Å². The van der Waals surface area contributed by atoms with Crippen LogP contribution in [0, 0.1) is 17.0 Å². The Hall–Kier alpha value is -3.41. The van der Waals surface area contributed by atoms with E-state index in [1.807, 2.05) is 13.0 Å². The quantitative estimate of drug-likeness (QED) is 0.340. The van der Waals surface area contributed by atoms with Gasteiger partial charge in [-0.1, -0.05) is 11.8 Å². The van der Waals surface area contributed by atoms with Crippen LogP contribution in [0.25, 0.3) is 0 Å². The summed E-state index contributed by atoms with van der Waals surface area (Å²) in [6, 6.07) is 6.03. The van der Waals surface area contributed by atoms with E-state index < -0.39 is 10.8 Å². The zero-order valence-electron chi connectivity index (χ0n) is 15.0. The number of hydrogen-bond acceptors (Lipinski definition) is 9. The lowest BCUT2D eigenvalue weighted by Gasteiger charge is -2.06. The van der Waals surface area contributed by atoms with Gasteiger partial charge in [0, 0.05) is 11.9 Å². The lowest BCUT2D eigenvalue weighted by molar-refractivity contribution is -0.384. The molecule has 0 aliphatic carbocycles. The standard InChI is InChI=1S/C16H16N6O5S/c1-10-5-6-17-21(10)8-15-19-20-16(27-15)28-9-14(23)18-12-4-3-11(26-2)7-13(12)22(24)25/h3-7H,8-9H2,1-2H3,(H,18,23). The number of ether oxygens (including phenoxy) is 1. The van der Waals surface area contributed by atoms with Gasteiger partial charge in [0.15, 0.2) is 0 Å². The van der Waals surface area contributed by atoms with Gasteiger partial charge in [-0.15, -0.1) is 10.2 Å². The van der Waals surface area contributed by atoms with Crippen LogP contribution in [-0.2, 0) is 11.3 Å². The van der Waals surface area contributed by atoms with Crippen molar-refractivity contribution >= 4 is 29.0 Å². The summed E-state index contributed by atoms with van der Waals surface area (Å²) in [4.78, 5) is 22.7. The predicted octanol–water partition coefficient (Wildman–Crippen LogP) is 2.27. The molecule has 0 atom stereocenters. The number of rotatable bonds is 8. The molecule has 0 bridgehead atoms. The summed E-state index contributed by atoms with van der Waals surface area (Å²) in [5, 5.41) is 25.8. The van der Waals surface area contributed by atoms with E-state index in [9.17, 15) is 14.9 Å². The van der Waals surface area contributed by atoms with Crippen LogP contribution >= 0.6 is 11.8 Å². The van der Waals surface area contributed by atoms with Crippen molar-refractivity contribution in [2.45, 2.75) is 18.7 Å². The molecule has 0 fully saturated rings. The van der Waals surface area contributed by atoms with Crippen molar-refractivity contribution in [2.75, 3.05) is 18.2 Å². The van der Waals surface area contributed by atoms with Crippen LogP contribution in [0.5, 0.6) is 5.75 Å². The summed E-state index contributed by atoms with van der Waals surface area (Å²) in [7, 11) is 1.40. The number of thioether (sulfide) groups is 1. The molecule has 0 aliphatic rings. The molecule has 0 saturated heterocycles. The van der Waals surface area contributed by atoms with E-state index in [4.69, 9.17) is 9.15 Å². The van der Waals surface area contributed by atoms with Gasteiger partial charge in [0.2, 0.25) is 11.8 Å². The highest BCUT2D eigenvalue weighted by atomic mass is 32.2. The number of carbonyl (C=O) groups excluding carboxylic acids is 1. The van der Waals surface area contributed by atoms with Crippen molar-refractivity contribution < 1.29 is 18.9 Å². The Bertz CT molecular complexity index is 1000. The Morgan fingerprint density at radius 3 is 2.89 bits per heavy atom. The molecule has 0 aliphatic heterocycles. The third-order valence-electron chi connectivity index (χ3n) is 3.66. The van der Waals surface area contributed by atoms with Crippen LogP contribution in [-0.4, -0.2) is 43.7 Å². The van der Waals surface area contributed by atoms with E-state index >= 15 is 0 Å². The highest BCUT2D eigenvalue weighted by Crippen LogP contribution is 2.29. The molecule has 3 rings (SSSR count). The maximum Gasteiger partial charge on any atom is 0.296 e. The van der Waals surface area contributed by atoms with Crippen LogP contribution in [0.3, 0.4) is 0 Å². The van der Waals surface area contributed by atoms with E-state index in [0.717, 1.165) is 17.5 Å². The van der Waals surface area contributed by atoms with Gasteiger partial charge in [-0.2, -0.15) is 5.10 Å². The molecule has 2 heterocycles. The Labute approximate surface area is 163 Å². The van der Waals surface area contributed by atoms with Crippen molar-refractivity contribution in [1.82, 2.24) is 20.0 Å². The van der Waals surface area contributed by atoms with Crippen LogP contribution in [0.4, 0.5) is 11.4 Å². The SMILES string of the molecule is COc1ccc(NC(=O)CSc2nnc(Cn3nccc3C)o2)c([N+](=O)[O-])c1. The topological polar surface area (TPSA) is 138 Å². The van der Waals surface area contributed by atoms with Gasteiger partial charge in [-0.05, 0) is 25.1 Å². The molecule has 1 N–H and O–H groups in total. The largest absolute Gasteiger partial charge is 0.496 e. The van der Waals surface area contributed by atoms with Crippen LogP contribution in [0.2, 0.25) is 0 Å². The third kappa shape index (κ3) is 4.65. The molecule has 11 nitrogen and oxygen atoms in total. The minimum atomic E-state index is -0.590. The number of amides is 1. The molecule has 1 amide bonds. The second kappa shape index (κ2) is 8.52. The number of benzene rings is 1. The molecule has 0 radical (unpaired) electrons. The zero-order chi connectivity index (χ0) is 20.1. The van der Waals surface area contributed by atoms with Gasteiger partial charge in [0.25, 0.3) is 10.9 Å². The number of aryl methyl sites for hydroxylation is 1. The molecular weight excluding hydrogens is 388 g/mol. The number of nitrogens with zero attached hydrogens (tertiary/aromatic N) is 5. The molecule has 1 aromatic carbocycles. The zero-order valence-corrected chi connectivity index (χ0v) is 15.8. The molecule has 146 valence electrons. The Morgan fingerprint density at radius 2 is 2.21 bits per heavy atom. The normalized spacial score (nSPS) is 10.6. The third-order valence-corrected chi connectivity index (χ3v) is 4.48. The minimum Gasteiger partial charge on any atom is -0.496 e. The number of methoxy groups -OCH3 is 1. The molecular formula is C16H16N6O5S. The summed E-state index contributed by atoms with van der Waals surface area (Å²) in [6.45, 7) is 2.23. The van der Waals surface area contributed by atoms with Crippen LogP contribution in [0.15, 0.2) is 40.1 Å². The molecule has 0 saturated carbocycles. The smallest absolute Gasteiger partial charge is 0.296 e. The number of nitrogens with one attached hydrogen (secondary N) is 1. The van der Waals surface area contributed by atoms with Crippen molar-refractivity contribution in [3.8, 4) is 5.75 Å². The maximum absolute atomic E-state index is 12.1. The summed E-state index contributed by atoms with van der Waals surface area (Å²) in [5.41, 5.74) is 0.775. The highest BCUT2D eigenvalue weighted by Gasteiger charge is 2.18. The molecule has 12 heteroatoms. The number of aromatic nitrogens is 4. The Kier molecular flexibility index (Phi) is 5.89. The predicted molar refractivity (Wildman–Crippen MR) is 99.4 cm³/mol. The van der Waals surface area contributed by atoms with E-state index in [2.05, 4.69) is 20.6 Å². The molecule has 0 spiro atoms. The van der Waals surface area contributed by atoms with Gasteiger partial charge < -0.3 is 14.5 Å². The average molecular weight is 404 g/mol. The number of hydrogen-bond donors (Lipinski definition) is 1. The Balaban J connectivity index is 1.58. The van der Waals surface area contributed by atoms with Gasteiger partial charge >= 0.3 is 0 Å². The summed E-state index contributed by atoms with van der Waals surface area (Å²) >= 11 is 1.03. The number of carbonyl (C=O) groups is 1. The average Bonchev–Trinajstić information content (AvgIpc) is 3.29. The van der Waals surface area contributed by atoms with Crippen molar-refractivity contribution in [3.05, 3.63) is 52.2 Å². The fraction of sp³-hybridized carbons (Fsp3) is 0.250. The van der Waals surface area contributed by atoms with Gasteiger partial charge in [0.1, 0.15) is 18.0 Å². The monoisotopic (exact) mass is 404 g/mol. The summed E-state index contributed by atoms with van der Waals surface area (Å²) in [6.07, 6.45) is 1.67. The molecule has 0 unspecified atom stereocenters. The summed E-state index contributed by atoms with van der Waals surface area (Å²) < 4.78 is 12.1. The van der Waals surface area contributed by atoms with Crippen molar-refractivity contribution in [2.24, 2.45) is 0 Å². The number of nitro groups is 1. The second-order valence-electron chi connectivity index (χ2n) is 5.57. The molecule has 2 aromatic heterocycles. The van der Waals surface area contributed by atoms with E-state index in [1.165, 1.54) is 25.3 Å². The highest BCUT2D eigenvalue weighted by molar-refractivity contribution is 7.99. The van der Waals surface area contributed by atoms with Crippen LogP contribution in [0.1, 0.15) is 11.6 Å². The van der Waals surface area contributed by atoms with E-state index in [-0.39, 0.29) is 22.4 Å². The lowest BCUT2D eigenvalue weighted by atomic mass is 10.2. The lowest BCUT2D eigenvalue weighted by Crippen LogP contribution is -2.15. The first-order valence-corrected chi connectivity index (χ1v) is 9.00. The van der Waals surface area contributed by atoms with Crippen molar-refractivity contribution in [3.63, 3.8) is 0 Å². The number of anilines is 1. The first-order chi connectivity index (χ1) is 13.5. The first kappa shape index (κ1) is 19.4. The first-order valence-electron chi connectivity index (χ1n) is 8.02. The molecule has 3 aromatic rings. The maximum atomic E-state index is 12.1. The van der Waals surface area contributed by atoms with E-state index in [1.54, 1.807) is 10.9 Å². The van der Waals surface area contributed by atoms with E-state index in [0.29, 0.717) is 18.2 Å².